The van der Waals surface area contributed by atoms with Crippen LogP contribution >= 0.6 is 0 Å². The number of hydrogen-bond donors (Lipinski definition) is 2. The number of amides is 1. The van der Waals surface area contributed by atoms with E-state index in [9.17, 15) is 14.4 Å². The lowest BCUT2D eigenvalue weighted by Gasteiger charge is -2.20. The van der Waals surface area contributed by atoms with E-state index in [1.807, 2.05) is 6.92 Å². The molecule has 0 heterocycles. The van der Waals surface area contributed by atoms with Crippen LogP contribution < -0.4 is 10.1 Å². The van der Waals surface area contributed by atoms with Crippen LogP contribution in [0.1, 0.15) is 37.6 Å². The number of carbonyl (C=O) groups is 3. The minimum Gasteiger partial charge on any atom is -0.480 e. The molecule has 0 aliphatic carbocycles. The summed E-state index contributed by atoms with van der Waals surface area (Å²) in [5.41, 5.74) is 0.239. The summed E-state index contributed by atoms with van der Waals surface area (Å²) in [4.78, 5) is 34.2. The van der Waals surface area contributed by atoms with Crippen molar-refractivity contribution in [2.75, 3.05) is 0 Å². The van der Waals surface area contributed by atoms with E-state index >= 15 is 0 Å². The summed E-state index contributed by atoms with van der Waals surface area (Å²) in [5, 5.41) is 11.6. The van der Waals surface area contributed by atoms with Crippen LogP contribution in [0.5, 0.6) is 5.75 Å². The van der Waals surface area contributed by atoms with E-state index in [0.29, 0.717) is 6.42 Å². The van der Waals surface area contributed by atoms with Gasteiger partial charge in [0.25, 0.3) is 5.91 Å². The molecule has 0 fully saturated rings. The predicted octanol–water partition coefficient (Wildman–Crippen LogP) is 1.84. The minimum absolute atomic E-state index is 0.192. The van der Waals surface area contributed by atoms with Crippen molar-refractivity contribution < 1.29 is 24.2 Å². The second kappa shape index (κ2) is 7.42. The van der Waals surface area contributed by atoms with Crippen molar-refractivity contribution in [3.05, 3.63) is 29.8 Å². The number of nitrogens with one attached hydrogen (secondary N) is 1. The summed E-state index contributed by atoms with van der Waals surface area (Å²) in [6, 6.07) is 5.07. The molecule has 0 unspecified atom stereocenters. The summed E-state index contributed by atoms with van der Waals surface area (Å²) in [6.07, 6.45) is 0.630. The molecule has 0 aromatic heterocycles. The van der Waals surface area contributed by atoms with Crippen molar-refractivity contribution in [3.63, 3.8) is 0 Å². The Kier molecular flexibility index (Phi) is 5.90. The molecule has 0 aliphatic heterocycles. The number of ether oxygens (including phenoxy) is 1. The fraction of sp³-hybridized carbons (Fsp3) is 0.400. The van der Waals surface area contributed by atoms with Crippen molar-refractivity contribution in [2.45, 2.75) is 33.2 Å². The van der Waals surface area contributed by atoms with Crippen molar-refractivity contribution in [1.29, 1.82) is 0 Å². The number of carbonyl (C=O) groups excluding carboxylic acids is 2. The van der Waals surface area contributed by atoms with Gasteiger partial charge in [-0.25, -0.2) is 4.79 Å². The first-order valence-corrected chi connectivity index (χ1v) is 6.67. The smallest absolute Gasteiger partial charge is 0.326 e. The molecular weight excluding hydrogens is 274 g/mol. The first kappa shape index (κ1) is 16.7. The average molecular weight is 293 g/mol. The number of hydrogen-bond acceptors (Lipinski definition) is 4. The number of benzene rings is 1. The van der Waals surface area contributed by atoms with Gasteiger partial charge < -0.3 is 15.2 Å². The molecule has 6 nitrogen and oxygen atoms in total. The maximum Gasteiger partial charge on any atom is 0.326 e. The largest absolute Gasteiger partial charge is 0.480 e. The second-order valence-corrected chi connectivity index (χ2v) is 4.80. The lowest BCUT2D eigenvalue weighted by atomic mass is 9.99. The third kappa shape index (κ3) is 4.91. The van der Waals surface area contributed by atoms with Crippen LogP contribution in [-0.2, 0) is 9.59 Å². The zero-order chi connectivity index (χ0) is 16.0. The number of esters is 1. The van der Waals surface area contributed by atoms with Crippen molar-refractivity contribution in [2.24, 2.45) is 5.92 Å². The molecule has 114 valence electrons. The maximum absolute atomic E-state index is 12.1. The summed E-state index contributed by atoms with van der Waals surface area (Å²) >= 11 is 0. The van der Waals surface area contributed by atoms with Crippen LogP contribution in [0.2, 0.25) is 0 Å². The monoisotopic (exact) mass is 293 g/mol. The molecule has 2 N–H and O–H groups in total. The first-order valence-electron chi connectivity index (χ1n) is 6.67. The Morgan fingerprint density at radius 2 is 2.00 bits per heavy atom. The SMILES string of the molecule is CC[C@@H](C)[C@H](NC(=O)c1cccc(OC(C)=O)c1)C(=O)O. The predicted molar refractivity (Wildman–Crippen MR) is 76.1 cm³/mol. The molecule has 1 rings (SSSR count). The summed E-state index contributed by atoms with van der Waals surface area (Å²) in [5.74, 6) is -2.03. The molecule has 6 heteroatoms. The fourth-order valence-electron chi connectivity index (χ4n) is 1.77. The lowest BCUT2D eigenvalue weighted by molar-refractivity contribution is -0.140. The molecule has 1 aromatic rings. The van der Waals surface area contributed by atoms with Gasteiger partial charge in [-0.2, -0.15) is 0 Å². The van der Waals surface area contributed by atoms with E-state index < -0.39 is 23.9 Å². The lowest BCUT2D eigenvalue weighted by Crippen LogP contribution is -2.45. The van der Waals surface area contributed by atoms with Crippen LogP contribution in [-0.4, -0.2) is 29.0 Å². The van der Waals surface area contributed by atoms with Crippen LogP contribution in [0.4, 0.5) is 0 Å². The molecule has 0 radical (unpaired) electrons. The highest BCUT2D eigenvalue weighted by Crippen LogP contribution is 2.15. The van der Waals surface area contributed by atoms with Gasteiger partial charge in [-0.15, -0.1) is 0 Å². The number of rotatable bonds is 6. The Morgan fingerprint density at radius 1 is 1.33 bits per heavy atom. The quantitative estimate of drug-likeness (QED) is 0.616. The number of carboxylic acids is 1. The van der Waals surface area contributed by atoms with Crippen LogP contribution in [0.3, 0.4) is 0 Å². The van der Waals surface area contributed by atoms with E-state index in [1.165, 1.54) is 19.1 Å². The Morgan fingerprint density at radius 3 is 2.52 bits per heavy atom. The summed E-state index contributed by atoms with van der Waals surface area (Å²) in [7, 11) is 0. The molecular formula is C15H19NO5. The minimum atomic E-state index is -1.08. The molecule has 1 aromatic carbocycles. The van der Waals surface area contributed by atoms with Gasteiger partial charge in [0, 0.05) is 12.5 Å². The van der Waals surface area contributed by atoms with Gasteiger partial charge in [-0.05, 0) is 24.1 Å². The van der Waals surface area contributed by atoms with Crippen LogP contribution in [0, 0.1) is 5.92 Å². The molecule has 0 saturated carbocycles. The van der Waals surface area contributed by atoms with E-state index in [2.05, 4.69) is 5.32 Å². The van der Waals surface area contributed by atoms with Gasteiger partial charge in [0.05, 0.1) is 0 Å². The Labute approximate surface area is 123 Å². The van der Waals surface area contributed by atoms with Gasteiger partial charge in [0.15, 0.2) is 0 Å². The van der Waals surface area contributed by atoms with Gasteiger partial charge in [-0.3, -0.25) is 9.59 Å². The number of aliphatic carboxylic acids is 1. The molecule has 21 heavy (non-hydrogen) atoms. The van der Waals surface area contributed by atoms with Crippen molar-refractivity contribution >= 4 is 17.8 Å². The highest BCUT2D eigenvalue weighted by atomic mass is 16.5. The normalized spacial score (nSPS) is 13.1. The maximum atomic E-state index is 12.1. The van der Waals surface area contributed by atoms with Gasteiger partial charge in [-0.1, -0.05) is 26.3 Å². The third-order valence-corrected chi connectivity index (χ3v) is 3.12. The van der Waals surface area contributed by atoms with Gasteiger partial charge in [0.1, 0.15) is 11.8 Å². The highest BCUT2D eigenvalue weighted by Gasteiger charge is 2.25. The van der Waals surface area contributed by atoms with E-state index in [1.54, 1.807) is 19.1 Å². The average Bonchev–Trinajstić information content (AvgIpc) is 2.42. The standard InChI is InChI=1S/C15H19NO5/c1-4-9(2)13(15(19)20)16-14(18)11-6-5-7-12(8-11)21-10(3)17/h5-9,13H,4H2,1-3H3,(H,16,18)(H,19,20)/t9-,13+/m1/s1. The molecule has 0 aliphatic rings. The van der Waals surface area contributed by atoms with Crippen molar-refractivity contribution in [3.8, 4) is 5.75 Å². The highest BCUT2D eigenvalue weighted by molar-refractivity contribution is 5.97. The fourth-order valence-corrected chi connectivity index (χ4v) is 1.77. The summed E-state index contributed by atoms with van der Waals surface area (Å²) in [6.45, 7) is 4.87. The summed E-state index contributed by atoms with van der Waals surface area (Å²) < 4.78 is 4.89. The van der Waals surface area contributed by atoms with Gasteiger partial charge >= 0.3 is 11.9 Å². The van der Waals surface area contributed by atoms with Crippen LogP contribution in [0.15, 0.2) is 24.3 Å². The molecule has 2 atom stereocenters. The third-order valence-electron chi connectivity index (χ3n) is 3.12. The Bertz CT molecular complexity index is 541. The van der Waals surface area contributed by atoms with Gasteiger partial charge in [0.2, 0.25) is 0 Å². The Hall–Kier alpha value is -2.37. The molecule has 0 bridgehead atoms. The topological polar surface area (TPSA) is 92.7 Å². The zero-order valence-corrected chi connectivity index (χ0v) is 12.3. The van der Waals surface area contributed by atoms with E-state index in [0.717, 1.165) is 0 Å². The molecule has 0 saturated heterocycles. The van der Waals surface area contributed by atoms with Crippen molar-refractivity contribution in [1.82, 2.24) is 5.32 Å². The zero-order valence-electron chi connectivity index (χ0n) is 12.3. The number of carboxylic acid groups (broad SMARTS) is 1. The van der Waals surface area contributed by atoms with E-state index in [4.69, 9.17) is 9.84 Å². The molecule has 0 spiro atoms. The Balaban J connectivity index is 2.87. The van der Waals surface area contributed by atoms with E-state index in [-0.39, 0.29) is 17.2 Å². The second-order valence-electron chi connectivity index (χ2n) is 4.80. The first-order chi connectivity index (χ1) is 9.85. The molecule has 1 amide bonds. The van der Waals surface area contributed by atoms with Crippen LogP contribution in [0.25, 0.3) is 0 Å².